The molecule has 3 N–H and O–H groups in total. The van der Waals surface area contributed by atoms with E-state index in [9.17, 15) is 35.6 Å². The predicted octanol–water partition coefficient (Wildman–Crippen LogP) is 2.47. The molecule has 28 heavy (non-hydrogen) atoms. The van der Waals surface area contributed by atoms with Crippen LogP contribution in [0, 0.1) is 5.82 Å². The Balaban J connectivity index is 2.25. The lowest BCUT2D eigenvalue weighted by Crippen LogP contribution is -2.34. The van der Waals surface area contributed by atoms with Crippen LogP contribution in [0.1, 0.15) is 28.3 Å². The Hall–Kier alpha value is -2.95. The summed E-state index contributed by atoms with van der Waals surface area (Å²) in [6.45, 7) is 0. The minimum atomic E-state index is -4.79. The molecular weight excluding hydrogens is 404 g/mol. The Bertz CT molecular complexity index is 992. The van der Waals surface area contributed by atoms with Crippen LogP contribution in [-0.4, -0.2) is 26.4 Å². The first-order valence-corrected chi connectivity index (χ1v) is 9.17. The minimum absolute atomic E-state index is 0.208. The van der Waals surface area contributed by atoms with Crippen LogP contribution in [0.4, 0.5) is 17.6 Å². The maximum Gasteiger partial charge on any atom is 0.396 e. The van der Waals surface area contributed by atoms with E-state index < -0.39 is 56.6 Å². The number of primary amides is 1. The number of hydrogen-bond donors (Lipinski definition) is 2. The van der Waals surface area contributed by atoms with E-state index in [4.69, 9.17) is 5.73 Å². The average molecular weight is 418 g/mol. The highest BCUT2D eigenvalue weighted by molar-refractivity contribution is 7.90. The Labute approximate surface area is 157 Å². The van der Waals surface area contributed by atoms with Crippen LogP contribution >= 0.6 is 0 Å². The van der Waals surface area contributed by atoms with Gasteiger partial charge in [-0.2, -0.15) is 13.2 Å². The highest BCUT2D eigenvalue weighted by Gasteiger charge is 2.42. The van der Waals surface area contributed by atoms with Crippen molar-refractivity contribution in [3.63, 3.8) is 0 Å². The number of nitrogens with two attached hydrogens (primary N) is 1. The number of nitrogens with one attached hydrogen (secondary N) is 1. The van der Waals surface area contributed by atoms with Gasteiger partial charge in [0.25, 0.3) is 15.9 Å². The summed E-state index contributed by atoms with van der Waals surface area (Å²) in [6.07, 6.45) is -5.98. The summed E-state index contributed by atoms with van der Waals surface area (Å²) in [5.41, 5.74) is 3.97. The van der Waals surface area contributed by atoms with E-state index in [1.807, 2.05) is 0 Å². The van der Waals surface area contributed by atoms with E-state index >= 15 is 0 Å². The van der Waals surface area contributed by atoms with Crippen molar-refractivity contribution in [3.05, 3.63) is 65.5 Å². The second-order valence-electron chi connectivity index (χ2n) is 5.74. The third-order valence-corrected chi connectivity index (χ3v) is 5.12. The number of rotatable bonds is 6. The fourth-order valence-electron chi connectivity index (χ4n) is 2.40. The molecule has 0 aromatic heterocycles. The van der Waals surface area contributed by atoms with Gasteiger partial charge in [-0.15, -0.1) is 0 Å². The van der Waals surface area contributed by atoms with Crippen molar-refractivity contribution in [3.8, 4) is 0 Å². The average Bonchev–Trinajstić information content (AvgIpc) is 2.59. The number of carbonyl (C=O) groups is 2. The van der Waals surface area contributed by atoms with Gasteiger partial charge < -0.3 is 5.73 Å². The molecule has 0 spiro atoms. The molecule has 0 radical (unpaired) electrons. The van der Waals surface area contributed by atoms with Crippen molar-refractivity contribution >= 4 is 21.8 Å². The van der Waals surface area contributed by atoms with Gasteiger partial charge in [-0.1, -0.05) is 30.3 Å². The highest BCUT2D eigenvalue weighted by atomic mass is 32.2. The standard InChI is InChI=1S/C17H14F4N2O4S/c18-14-7-6-11(8-12(14)16(22)25)28(26,27)23-15(24)9-13(17(19,20)21)10-4-2-1-3-5-10/h1-8,13H,9H2,(H2,22,25)(H,23,24)/t13-/m0/s1. The Morgan fingerprint density at radius 2 is 1.68 bits per heavy atom. The lowest BCUT2D eigenvalue weighted by molar-refractivity contribution is -0.156. The lowest BCUT2D eigenvalue weighted by atomic mass is 9.95. The number of carbonyl (C=O) groups excluding carboxylic acids is 2. The number of sulfonamides is 1. The van der Waals surface area contributed by atoms with Crippen molar-refractivity contribution in [2.24, 2.45) is 5.73 Å². The van der Waals surface area contributed by atoms with Crippen LogP contribution in [-0.2, 0) is 14.8 Å². The van der Waals surface area contributed by atoms with Crippen LogP contribution in [0.15, 0.2) is 53.4 Å². The molecule has 2 rings (SSSR count). The molecule has 0 aliphatic rings. The maximum atomic E-state index is 13.5. The Morgan fingerprint density at radius 1 is 1.07 bits per heavy atom. The van der Waals surface area contributed by atoms with Crippen LogP contribution in [0.25, 0.3) is 0 Å². The Kier molecular flexibility index (Phi) is 6.07. The summed E-state index contributed by atoms with van der Waals surface area (Å²) < 4.78 is 79.2. The number of halogens is 4. The van der Waals surface area contributed by atoms with Gasteiger partial charge in [-0.05, 0) is 23.8 Å². The number of amides is 2. The van der Waals surface area contributed by atoms with Gasteiger partial charge in [-0.3, -0.25) is 9.59 Å². The lowest BCUT2D eigenvalue weighted by Gasteiger charge is -2.20. The maximum absolute atomic E-state index is 13.5. The monoisotopic (exact) mass is 418 g/mol. The van der Waals surface area contributed by atoms with E-state index in [1.165, 1.54) is 35.1 Å². The van der Waals surface area contributed by atoms with Crippen molar-refractivity contribution in [1.82, 2.24) is 4.72 Å². The molecule has 0 fully saturated rings. The molecule has 0 saturated carbocycles. The summed E-state index contributed by atoms with van der Waals surface area (Å²) in [7, 11) is -4.65. The van der Waals surface area contributed by atoms with Crippen LogP contribution in [0.3, 0.4) is 0 Å². The van der Waals surface area contributed by atoms with Crippen LogP contribution in [0.5, 0.6) is 0 Å². The first-order chi connectivity index (χ1) is 12.9. The molecule has 0 aliphatic carbocycles. The molecule has 2 aromatic carbocycles. The first-order valence-electron chi connectivity index (χ1n) is 7.68. The molecule has 0 heterocycles. The Morgan fingerprint density at radius 3 is 2.21 bits per heavy atom. The second kappa shape index (κ2) is 7.97. The molecule has 0 aliphatic heterocycles. The van der Waals surface area contributed by atoms with Gasteiger partial charge in [0, 0.05) is 6.42 Å². The van der Waals surface area contributed by atoms with Gasteiger partial charge in [0.1, 0.15) is 5.82 Å². The zero-order valence-corrected chi connectivity index (χ0v) is 14.9. The quantitative estimate of drug-likeness (QED) is 0.703. The fraction of sp³-hybridized carbons (Fsp3) is 0.176. The van der Waals surface area contributed by atoms with Crippen LogP contribution < -0.4 is 10.5 Å². The fourth-order valence-corrected chi connectivity index (χ4v) is 3.43. The summed E-state index contributed by atoms with van der Waals surface area (Å²) in [6, 6.07) is 8.51. The van der Waals surface area contributed by atoms with Crippen molar-refractivity contribution in [2.75, 3.05) is 0 Å². The molecule has 2 aromatic rings. The molecule has 0 unspecified atom stereocenters. The van der Waals surface area contributed by atoms with E-state index in [0.29, 0.717) is 12.1 Å². The third kappa shape index (κ3) is 5.06. The van der Waals surface area contributed by atoms with E-state index in [-0.39, 0.29) is 5.56 Å². The summed E-state index contributed by atoms with van der Waals surface area (Å²) >= 11 is 0. The number of benzene rings is 2. The van der Waals surface area contributed by atoms with E-state index in [2.05, 4.69) is 0 Å². The molecule has 0 saturated heterocycles. The van der Waals surface area contributed by atoms with E-state index in [0.717, 1.165) is 6.07 Å². The SMILES string of the molecule is NC(=O)c1cc(S(=O)(=O)NC(=O)C[C@@H](c2ccccc2)C(F)(F)F)ccc1F. The normalized spacial score (nSPS) is 13.0. The van der Waals surface area contributed by atoms with E-state index in [1.54, 1.807) is 0 Å². The van der Waals surface area contributed by atoms with Crippen molar-refractivity contribution in [1.29, 1.82) is 0 Å². The van der Waals surface area contributed by atoms with Gasteiger partial charge in [0.15, 0.2) is 0 Å². The van der Waals surface area contributed by atoms with Crippen LogP contribution in [0.2, 0.25) is 0 Å². The second-order valence-corrected chi connectivity index (χ2v) is 7.43. The number of alkyl halides is 3. The summed E-state index contributed by atoms with van der Waals surface area (Å²) in [4.78, 5) is 22.4. The molecule has 0 bridgehead atoms. The van der Waals surface area contributed by atoms with Crippen molar-refractivity contribution < 1.29 is 35.6 Å². The highest BCUT2D eigenvalue weighted by Crippen LogP contribution is 2.37. The van der Waals surface area contributed by atoms with Crippen molar-refractivity contribution in [2.45, 2.75) is 23.4 Å². The predicted molar refractivity (Wildman–Crippen MR) is 90.1 cm³/mol. The van der Waals surface area contributed by atoms with Gasteiger partial charge in [0.05, 0.1) is 16.4 Å². The minimum Gasteiger partial charge on any atom is -0.366 e. The third-order valence-electron chi connectivity index (χ3n) is 3.75. The molecule has 6 nitrogen and oxygen atoms in total. The molecule has 150 valence electrons. The van der Waals surface area contributed by atoms with Gasteiger partial charge >= 0.3 is 6.18 Å². The molecular formula is C17H14F4N2O4S. The molecule has 2 amide bonds. The summed E-state index contributed by atoms with van der Waals surface area (Å²) in [5, 5.41) is 0. The zero-order chi connectivity index (χ0) is 21.1. The topological polar surface area (TPSA) is 106 Å². The zero-order valence-electron chi connectivity index (χ0n) is 14.0. The molecule has 11 heteroatoms. The largest absolute Gasteiger partial charge is 0.396 e. The number of hydrogen-bond acceptors (Lipinski definition) is 4. The van der Waals surface area contributed by atoms with Gasteiger partial charge in [0.2, 0.25) is 5.91 Å². The van der Waals surface area contributed by atoms with Gasteiger partial charge in [-0.25, -0.2) is 17.5 Å². The summed E-state index contributed by atoms with van der Waals surface area (Å²) in [5.74, 6) is -5.98. The first kappa shape index (κ1) is 21.4. The smallest absolute Gasteiger partial charge is 0.366 e. The molecule has 1 atom stereocenters.